The molecule has 2 aromatic carbocycles. The molecule has 3 heterocycles. The van der Waals surface area contributed by atoms with E-state index in [1.807, 2.05) is 36.4 Å². The van der Waals surface area contributed by atoms with Crippen LogP contribution in [0.3, 0.4) is 0 Å². The molecule has 156 valence electrons. The summed E-state index contributed by atoms with van der Waals surface area (Å²) in [6.07, 6.45) is 7.85. The maximum atomic E-state index is 14.6. The zero-order valence-electron chi connectivity index (χ0n) is 17.3. The summed E-state index contributed by atoms with van der Waals surface area (Å²) in [4.78, 5) is 25.4. The molecule has 2 aromatic heterocycles. The molecule has 0 fully saturated rings. The number of hydrogen-bond donors (Lipinski definition) is 1. The Morgan fingerprint density at radius 3 is 2.78 bits per heavy atom. The van der Waals surface area contributed by atoms with Crippen LogP contribution in [-0.2, 0) is 11.2 Å². The van der Waals surface area contributed by atoms with Crippen LogP contribution in [0.2, 0.25) is 0 Å². The summed E-state index contributed by atoms with van der Waals surface area (Å²) in [5.41, 5.74) is 5.71. The molecule has 5 nitrogen and oxygen atoms in total. The number of aromatic nitrogens is 2. The Kier molecular flexibility index (Phi) is 5.03. The molecule has 0 aliphatic carbocycles. The fraction of sp³-hybridized carbons (Fsp3) is 0.0769. The molecular formula is C26H19FN4O. The summed E-state index contributed by atoms with van der Waals surface area (Å²) in [5, 5.41) is 3.77. The number of anilines is 1. The number of pyridine rings is 2. The second kappa shape index (κ2) is 8.15. The largest absolute Gasteiger partial charge is 0.326 e. The van der Waals surface area contributed by atoms with E-state index in [4.69, 9.17) is 0 Å². The summed E-state index contributed by atoms with van der Waals surface area (Å²) in [6.45, 7) is 1.48. The van der Waals surface area contributed by atoms with Crippen molar-refractivity contribution in [3.8, 4) is 22.4 Å². The van der Waals surface area contributed by atoms with Crippen molar-refractivity contribution in [2.45, 2.75) is 13.3 Å². The van der Waals surface area contributed by atoms with Gasteiger partial charge < -0.3 is 5.32 Å². The van der Waals surface area contributed by atoms with E-state index in [1.54, 1.807) is 36.8 Å². The molecular weight excluding hydrogens is 403 g/mol. The quantitative estimate of drug-likeness (QED) is 0.471. The van der Waals surface area contributed by atoms with Crippen molar-refractivity contribution in [2.75, 3.05) is 5.32 Å². The van der Waals surface area contributed by atoms with Gasteiger partial charge in [0.15, 0.2) is 5.65 Å². The van der Waals surface area contributed by atoms with Gasteiger partial charge >= 0.3 is 0 Å². The summed E-state index contributed by atoms with van der Waals surface area (Å²) < 4.78 is 14.6. The Labute approximate surface area is 184 Å². The van der Waals surface area contributed by atoms with Crippen molar-refractivity contribution in [1.82, 2.24) is 9.97 Å². The molecule has 1 aliphatic rings. The zero-order valence-corrected chi connectivity index (χ0v) is 17.3. The first kappa shape index (κ1) is 19.8. The lowest BCUT2D eigenvalue weighted by Gasteiger charge is -2.19. The van der Waals surface area contributed by atoms with Crippen molar-refractivity contribution in [3.05, 3.63) is 90.0 Å². The Bertz CT molecular complexity index is 1430. The monoisotopic (exact) mass is 422 g/mol. The third-order valence-corrected chi connectivity index (χ3v) is 5.39. The first-order chi connectivity index (χ1) is 15.6. The summed E-state index contributed by atoms with van der Waals surface area (Å²) in [6, 6.07) is 16.0. The van der Waals surface area contributed by atoms with Gasteiger partial charge in [0.1, 0.15) is 5.82 Å². The second-order valence-corrected chi connectivity index (χ2v) is 7.51. The highest BCUT2D eigenvalue weighted by atomic mass is 19.1. The van der Waals surface area contributed by atoms with Gasteiger partial charge in [0.25, 0.3) is 0 Å². The lowest BCUT2D eigenvalue weighted by Crippen LogP contribution is -2.09. The number of nitrogens with one attached hydrogen (secondary N) is 1. The van der Waals surface area contributed by atoms with Gasteiger partial charge in [-0.2, -0.15) is 0 Å². The van der Waals surface area contributed by atoms with Crippen LogP contribution >= 0.6 is 0 Å². The van der Waals surface area contributed by atoms with E-state index in [0.717, 1.165) is 27.6 Å². The maximum absolute atomic E-state index is 14.6. The predicted octanol–water partition coefficient (Wildman–Crippen LogP) is 5.55. The van der Waals surface area contributed by atoms with Crippen molar-refractivity contribution < 1.29 is 9.18 Å². The minimum absolute atomic E-state index is 0.171. The van der Waals surface area contributed by atoms with E-state index in [0.29, 0.717) is 29.0 Å². The van der Waals surface area contributed by atoms with Gasteiger partial charge in [-0.25, -0.2) is 14.4 Å². The number of nitrogens with zero attached hydrogens (tertiary/aromatic N) is 3. The van der Waals surface area contributed by atoms with E-state index in [1.165, 1.54) is 13.0 Å². The van der Waals surface area contributed by atoms with Crippen LogP contribution in [0.25, 0.3) is 33.4 Å². The van der Waals surface area contributed by atoms with E-state index in [9.17, 15) is 9.18 Å². The van der Waals surface area contributed by atoms with E-state index in [2.05, 4.69) is 20.3 Å². The molecule has 6 heteroatoms. The van der Waals surface area contributed by atoms with Crippen LogP contribution < -0.4 is 5.32 Å². The van der Waals surface area contributed by atoms with Gasteiger partial charge in [-0.05, 0) is 59.5 Å². The number of hydrogen-bond acceptors (Lipinski definition) is 4. The molecule has 0 bridgehead atoms. The van der Waals surface area contributed by atoms with Crippen molar-refractivity contribution in [3.63, 3.8) is 0 Å². The summed E-state index contributed by atoms with van der Waals surface area (Å²) in [5.74, 6) is -0.528. The molecule has 1 N–H and O–H groups in total. The average Bonchev–Trinajstić information content (AvgIpc) is 3.04. The molecule has 1 amide bonds. The zero-order chi connectivity index (χ0) is 22.1. The lowest BCUT2D eigenvalue weighted by atomic mass is 9.89. The SMILES string of the molecule is CC(=O)Nc1ccc2c(c1-c1cc(-c3ccccc3F)nc3ncccc13)CC=CN=C2. The number of allylic oxidation sites excluding steroid dienone is 1. The molecule has 0 saturated carbocycles. The first-order valence-electron chi connectivity index (χ1n) is 10.2. The molecule has 0 atom stereocenters. The van der Waals surface area contributed by atoms with Crippen molar-refractivity contribution in [2.24, 2.45) is 4.99 Å². The number of carbonyl (C=O) groups is 1. The average molecular weight is 422 g/mol. The van der Waals surface area contributed by atoms with Crippen LogP contribution in [0.5, 0.6) is 0 Å². The highest BCUT2D eigenvalue weighted by molar-refractivity contribution is 6.04. The highest BCUT2D eigenvalue weighted by Gasteiger charge is 2.20. The fourth-order valence-corrected chi connectivity index (χ4v) is 4.03. The molecule has 32 heavy (non-hydrogen) atoms. The van der Waals surface area contributed by atoms with Gasteiger partial charge in [-0.1, -0.05) is 24.3 Å². The number of amides is 1. The Hall–Kier alpha value is -4.19. The summed E-state index contributed by atoms with van der Waals surface area (Å²) in [7, 11) is 0. The molecule has 0 unspecified atom stereocenters. The number of fused-ring (bicyclic) bond motifs is 2. The molecule has 5 rings (SSSR count). The normalized spacial score (nSPS) is 12.4. The molecule has 1 aliphatic heterocycles. The number of carbonyl (C=O) groups excluding carboxylic acids is 1. The van der Waals surface area contributed by atoms with E-state index in [-0.39, 0.29) is 11.7 Å². The standard InChI is InChI=1S/C26H19FN4O/c1-16(32)30-23-11-10-17-15-28-12-4-7-18(17)25(23)21-14-24(20-6-2-3-9-22(20)27)31-26-19(21)8-5-13-29-26/h2-6,8-15H,7H2,1H3,(H,30,32). The second-order valence-electron chi connectivity index (χ2n) is 7.51. The van der Waals surface area contributed by atoms with Crippen LogP contribution in [0.1, 0.15) is 18.1 Å². The van der Waals surface area contributed by atoms with E-state index >= 15 is 0 Å². The summed E-state index contributed by atoms with van der Waals surface area (Å²) >= 11 is 0. The first-order valence-corrected chi connectivity index (χ1v) is 10.2. The number of aliphatic imine (C=N–C) groups is 1. The third kappa shape index (κ3) is 3.56. The van der Waals surface area contributed by atoms with Crippen molar-refractivity contribution in [1.29, 1.82) is 0 Å². The van der Waals surface area contributed by atoms with Gasteiger partial charge in [-0.3, -0.25) is 9.79 Å². The van der Waals surface area contributed by atoms with E-state index < -0.39 is 0 Å². The molecule has 0 spiro atoms. The number of halogens is 1. The lowest BCUT2D eigenvalue weighted by molar-refractivity contribution is -0.114. The topological polar surface area (TPSA) is 67.2 Å². The van der Waals surface area contributed by atoms with Crippen LogP contribution in [-0.4, -0.2) is 22.1 Å². The molecule has 4 aromatic rings. The van der Waals surface area contributed by atoms with Crippen molar-refractivity contribution >= 4 is 28.8 Å². The fourth-order valence-electron chi connectivity index (χ4n) is 4.03. The third-order valence-electron chi connectivity index (χ3n) is 5.39. The maximum Gasteiger partial charge on any atom is 0.221 e. The van der Waals surface area contributed by atoms with Gasteiger partial charge in [0.05, 0.1) is 5.69 Å². The number of rotatable bonds is 3. The Balaban J connectivity index is 1.87. The smallest absolute Gasteiger partial charge is 0.221 e. The van der Waals surface area contributed by atoms with Gasteiger partial charge in [0, 0.05) is 47.7 Å². The Morgan fingerprint density at radius 1 is 1.06 bits per heavy atom. The van der Waals surface area contributed by atoms with Crippen LogP contribution in [0, 0.1) is 5.82 Å². The van der Waals surface area contributed by atoms with Crippen LogP contribution in [0.4, 0.5) is 10.1 Å². The predicted molar refractivity (Wildman–Crippen MR) is 125 cm³/mol. The van der Waals surface area contributed by atoms with Crippen LogP contribution in [0.15, 0.2) is 78.1 Å². The molecule has 0 saturated heterocycles. The van der Waals surface area contributed by atoms with Gasteiger partial charge in [-0.15, -0.1) is 0 Å². The number of benzene rings is 2. The van der Waals surface area contributed by atoms with Gasteiger partial charge in [0.2, 0.25) is 5.91 Å². The minimum Gasteiger partial charge on any atom is -0.326 e. The molecule has 0 radical (unpaired) electrons. The highest BCUT2D eigenvalue weighted by Crippen LogP contribution is 2.40. The Morgan fingerprint density at radius 2 is 1.94 bits per heavy atom. The minimum atomic E-state index is -0.356.